The summed E-state index contributed by atoms with van der Waals surface area (Å²) in [4.78, 5) is 5.88. The van der Waals surface area contributed by atoms with Crippen molar-refractivity contribution in [3.8, 4) is 0 Å². The van der Waals surface area contributed by atoms with Gasteiger partial charge in [-0.15, -0.1) is 0 Å². The maximum absolute atomic E-state index is 6.43. The van der Waals surface area contributed by atoms with Gasteiger partial charge in [-0.2, -0.15) is 0 Å². The number of aromatic amines is 1. The van der Waals surface area contributed by atoms with E-state index in [1.165, 1.54) is 35.0 Å². The minimum atomic E-state index is 0.594. The molecule has 0 saturated carbocycles. The number of nitrogens with zero attached hydrogens (tertiary/aromatic N) is 1. The van der Waals surface area contributed by atoms with Crippen LogP contribution in [0.5, 0.6) is 0 Å². The monoisotopic (exact) mass is 352 g/mol. The number of hydrogen-bond donors (Lipinski definition) is 1. The van der Waals surface area contributed by atoms with Crippen molar-refractivity contribution in [2.24, 2.45) is 5.92 Å². The van der Waals surface area contributed by atoms with E-state index in [9.17, 15) is 0 Å². The number of fused-ring (bicyclic) bond motifs is 2. The van der Waals surface area contributed by atoms with Gasteiger partial charge in [-0.05, 0) is 43.0 Å². The number of piperidine rings is 1. The van der Waals surface area contributed by atoms with Gasteiger partial charge in [-0.25, -0.2) is 0 Å². The largest absolute Gasteiger partial charge is 0.345 e. The third-order valence-electron chi connectivity index (χ3n) is 5.10. The van der Waals surface area contributed by atoms with Crippen molar-refractivity contribution in [2.45, 2.75) is 24.8 Å². The van der Waals surface area contributed by atoms with Crippen molar-refractivity contribution in [3.05, 3.63) is 34.5 Å². The summed E-state index contributed by atoms with van der Waals surface area (Å²) in [5, 5.41) is 3.32. The van der Waals surface area contributed by atoms with Crippen molar-refractivity contribution in [2.75, 3.05) is 18.9 Å². The Morgan fingerprint density at radius 2 is 2.30 bits per heavy atom. The van der Waals surface area contributed by atoms with Gasteiger partial charge in [0.15, 0.2) is 0 Å². The Morgan fingerprint density at radius 1 is 1.45 bits per heavy atom. The Labute approximate surface area is 132 Å². The fraction of sp³-hybridized carbons (Fsp3) is 0.500. The lowest BCUT2D eigenvalue weighted by atomic mass is 9.73. The normalized spacial score (nSPS) is 29.6. The van der Waals surface area contributed by atoms with E-state index < -0.39 is 0 Å². The number of likely N-dealkylation sites (tertiary alicyclic amines) is 1. The van der Waals surface area contributed by atoms with Gasteiger partial charge in [0, 0.05) is 34.7 Å². The number of H-pyrrole nitrogens is 1. The van der Waals surface area contributed by atoms with Crippen LogP contribution in [0.1, 0.15) is 23.5 Å². The van der Waals surface area contributed by atoms with Crippen LogP contribution >= 0.6 is 27.5 Å². The number of hydrogen-bond acceptors (Lipinski definition) is 1. The molecule has 1 fully saturated rings. The summed E-state index contributed by atoms with van der Waals surface area (Å²) in [6.07, 6.45) is 2.35. The van der Waals surface area contributed by atoms with Gasteiger partial charge in [0.2, 0.25) is 0 Å². The van der Waals surface area contributed by atoms with E-state index in [1.807, 2.05) is 0 Å². The first-order valence-electron chi connectivity index (χ1n) is 7.24. The van der Waals surface area contributed by atoms with Crippen LogP contribution in [-0.2, 0) is 6.42 Å². The topological polar surface area (TPSA) is 19.0 Å². The van der Waals surface area contributed by atoms with Crippen LogP contribution in [0.25, 0.3) is 10.9 Å². The molecule has 3 atom stereocenters. The van der Waals surface area contributed by atoms with Crippen LogP contribution in [0.4, 0.5) is 0 Å². The number of rotatable bonds is 1. The molecule has 2 aliphatic rings. The first-order valence-corrected chi connectivity index (χ1v) is 8.74. The molecule has 2 nitrogen and oxygen atoms in total. The van der Waals surface area contributed by atoms with E-state index in [1.54, 1.807) is 0 Å². The fourth-order valence-electron chi connectivity index (χ4n) is 4.21. The molecule has 106 valence electrons. The van der Waals surface area contributed by atoms with E-state index in [0.717, 1.165) is 22.8 Å². The van der Waals surface area contributed by atoms with Crippen molar-refractivity contribution >= 4 is 38.4 Å². The van der Waals surface area contributed by atoms with Crippen molar-refractivity contribution in [1.29, 1.82) is 0 Å². The van der Waals surface area contributed by atoms with Gasteiger partial charge < -0.3 is 9.88 Å². The molecular weight excluding hydrogens is 336 g/mol. The number of benzene rings is 1. The molecule has 1 saturated heterocycles. The first-order chi connectivity index (χ1) is 9.69. The highest BCUT2D eigenvalue weighted by atomic mass is 79.9. The van der Waals surface area contributed by atoms with Gasteiger partial charge in [-0.1, -0.05) is 39.7 Å². The van der Waals surface area contributed by atoms with Crippen molar-refractivity contribution < 1.29 is 0 Å². The average molecular weight is 354 g/mol. The van der Waals surface area contributed by atoms with Gasteiger partial charge in [0.25, 0.3) is 0 Å². The lowest BCUT2D eigenvalue weighted by Crippen LogP contribution is -2.48. The van der Waals surface area contributed by atoms with Gasteiger partial charge in [0.1, 0.15) is 5.15 Å². The molecule has 1 aromatic heterocycles. The predicted molar refractivity (Wildman–Crippen MR) is 88.1 cm³/mol. The van der Waals surface area contributed by atoms with E-state index in [-0.39, 0.29) is 0 Å². The Hall–Kier alpha value is -0.510. The van der Waals surface area contributed by atoms with E-state index >= 15 is 0 Å². The molecule has 1 aliphatic heterocycles. The van der Waals surface area contributed by atoms with Crippen LogP contribution in [0.3, 0.4) is 0 Å². The zero-order valence-electron chi connectivity index (χ0n) is 11.5. The molecule has 0 amide bonds. The molecule has 2 heterocycles. The zero-order chi connectivity index (χ0) is 13.9. The summed E-state index contributed by atoms with van der Waals surface area (Å²) in [5.41, 5.74) is 4.02. The van der Waals surface area contributed by atoms with Gasteiger partial charge in [-0.3, -0.25) is 0 Å². The molecule has 20 heavy (non-hydrogen) atoms. The second-order valence-corrected chi connectivity index (χ2v) is 7.29. The number of aromatic nitrogens is 1. The second-order valence-electron chi connectivity index (χ2n) is 6.26. The maximum atomic E-state index is 6.43. The van der Waals surface area contributed by atoms with Crippen LogP contribution in [0.15, 0.2) is 18.2 Å². The lowest BCUT2D eigenvalue weighted by molar-refractivity contribution is 0.122. The molecule has 2 aromatic rings. The standard InChI is InChI=1S/C16H18BrClN2/c1-20-8-9(7-17)5-11-10-3-2-4-13-15(10)12(6-14(11)20)16(18)19-13/h2-4,9,11,14,19H,5-8H2,1H3/t9?,11?,14-/m1/s1. The highest BCUT2D eigenvalue weighted by molar-refractivity contribution is 9.09. The Balaban J connectivity index is 1.89. The van der Waals surface area contributed by atoms with E-state index in [2.05, 4.69) is 51.1 Å². The van der Waals surface area contributed by atoms with Crippen molar-refractivity contribution in [1.82, 2.24) is 9.88 Å². The maximum Gasteiger partial charge on any atom is 0.110 e. The van der Waals surface area contributed by atoms with Gasteiger partial charge >= 0.3 is 0 Å². The summed E-state index contributed by atoms with van der Waals surface area (Å²) in [6.45, 7) is 1.18. The molecule has 1 aliphatic carbocycles. The quantitative estimate of drug-likeness (QED) is 0.762. The Kier molecular flexibility index (Phi) is 3.13. The van der Waals surface area contributed by atoms with Crippen molar-refractivity contribution in [3.63, 3.8) is 0 Å². The molecule has 2 unspecified atom stereocenters. The number of likely N-dealkylation sites (N-methyl/N-ethyl adjacent to an activating group) is 1. The number of nitrogens with one attached hydrogen (secondary N) is 1. The predicted octanol–water partition coefficient (Wildman–Crippen LogP) is 4.18. The molecule has 0 radical (unpaired) electrons. The van der Waals surface area contributed by atoms with Crippen LogP contribution in [-0.4, -0.2) is 34.8 Å². The summed E-state index contributed by atoms with van der Waals surface area (Å²) in [5.74, 6) is 1.38. The minimum Gasteiger partial charge on any atom is -0.345 e. The second kappa shape index (κ2) is 4.75. The molecule has 1 N–H and O–H groups in total. The molecule has 4 rings (SSSR count). The molecule has 0 bridgehead atoms. The lowest BCUT2D eigenvalue weighted by Gasteiger charge is -2.45. The van der Waals surface area contributed by atoms with Crippen LogP contribution < -0.4 is 0 Å². The van der Waals surface area contributed by atoms with E-state index in [4.69, 9.17) is 11.6 Å². The zero-order valence-corrected chi connectivity index (χ0v) is 13.8. The highest BCUT2D eigenvalue weighted by Crippen LogP contribution is 2.46. The summed E-state index contributed by atoms with van der Waals surface area (Å²) >= 11 is 10.1. The number of halogens is 2. The molecule has 1 aromatic carbocycles. The Bertz CT molecular complexity index is 666. The SMILES string of the molecule is CN1CC(CBr)CC2c3cccc4[nH]c(Cl)c(c34)C[C@H]21. The molecule has 4 heteroatoms. The average Bonchev–Trinajstić information content (AvgIpc) is 2.77. The van der Waals surface area contributed by atoms with Gasteiger partial charge in [0.05, 0.1) is 0 Å². The molecular formula is C16H18BrClN2. The molecule has 0 spiro atoms. The summed E-state index contributed by atoms with van der Waals surface area (Å²) in [7, 11) is 2.26. The third-order valence-corrected chi connectivity index (χ3v) is 6.34. The fourth-order valence-corrected chi connectivity index (χ4v) is 4.95. The summed E-state index contributed by atoms with van der Waals surface area (Å²) < 4.78 is 0. The Morgan fingerprint density at radius 3 is 3.10 bits per heavy atom. The highest BCUT2D eigenvalue weighted by Gasteiger charge is 2.39. The van der Waals surface area contributed by atoms with Crippen LogP contribution in [0, 0.1) is 5.92 Å². The minimum absolute atomic E-state index is 0.594. The number of alkyl halides is 1. The third kappa shape index (κ3) is 1.79. The van der Waals surface area contributed by atoms with E-state index in [0.29, 0.717) is 12.0 Å². The summed E-state index contributed by atoms with van der Waals surface area (Å²) in [6, 6.07) is 7.20. The first kappa shape index (κ1) is 13.2. The van der Waals surface area contributed by atoms with Crippen LogP contribution in [0.2, 0.25) is 5.15 Å². The smallest absolute Gasteiger partial charge is 0.110 e.